The molecule has 3 rings (SSSR count). The van der Waals surface area contributed by atoms with E-state index >= 15 is 0 Å². The maximum Gasteiger partial charge on any atom is 0.416 e. The zero-order valence-electron chi connectivity index (χ0n) is 17.5. The third-order valence-corrected chi connectivity index (χ3v) is 5.41. The molecule has 2 aromatic rings. The molecule has 2 aromatic carbocycles. The summed E-state index contributed by atoms with van der Waals surface area (Å²) in [6.45, 7) is 5.41. The summed E-state index contributed by atoms with van der Waals surface area (Å²) in [6, 6.07) is 9.42. The molecule has 1 heterocycles. The number of hydrogen-bond acceptors (Lipinski definition) is 3. The monoisotopic (exact) mass is 438 g/mol. The van der Waals surface area contributed by atoms with Gasteiger partial charge < -0.3 is 10.1 Å². The van der Waals surface area contributed by atoms with Crippen LogP contribution in [0.1, 0.15) is 37.0 Å². The zero-order valence-corrected chi connectivity index (χ0v) is 17.5. The predicted molar refractivity (Wildman–Crippen MR) is 109 cm³/mol. The van der Waals surface area contributed by atoms with Crippen molar-refractivity contribution in [2.45, 2.75) is 45.6 Å². The number of carbonyl (C=O) groups excluding carboxylic acids is 1. The summed E-state index contributed by atoms with van der Waals surface area (Å²) in [5.41, 5.74) is 0.0783. The van der Waals surface area contributed by atoms with Crippen molar-refractivity contribution in [2.75, 3.05) is 13.1 Å². The first-order valence-electron chi connectivity index (χ1n) is 10.3. The van der Waals surface area contributed by atoms with Crippen molar-refractivity contribution in [3.05, 3.63) is 65.0 Å². The van der Waals surface area contributed by atoms with Crippen molar-refractivity contribution in [3.63, 3.8) is 0 Å². The number of rotatable bonds is 8. The lowest BCUT2D eigenvalue weighted by atomic mass is 9.97. The van der Waals surface area contributed by atoms with Crippen LogP contribution in [0.15, 0.2) is 42.5 Å². The fourth-order valence-corrected chi connectivity index (χ4v) is 3.32. The van der Waals surface area contributed by atoms with E-state index in [1.165, 1.54) is 18.2 Å². The van der Waals surface area contributed by atoms with E-state index in [0.29, 0.717) is 30.8 Å². The molecule has 1 aliphatic rings. The molecule has 0 aliphatic carbocycles. The van der Waals surface area contributed by atoms with E-state index < -0.39 is 17.6 Å². The van der Waals surface area contributed by atoms with Crippen LogP contribution in [0.4, 0.5) is 17.6 Å². The Morgan fingerprint density at radius 2 is 1.97 bits per heavy atom. The molecular weight excluding hydrogens is 412 g/mol. The van der Waals surface area contributed by atoms with E-state index in [9.17, 15) is 22.4 Å². The van der Waals surface area contributed by atoms with Crippen molar-refractivity contribution in [3.8, 4) is 5.75 Å². The fourth-order valence-electron chi connectivity index (χ4n) is 3.32. The quantitative estimate of drug-likeness (QED) is 0.604. The fraction of sp³-hybridized carbons (Fsp3) is 0.435. The molecule has 1 fully saturated rings. The summed E-state index contributed by atoms with van der Waals surface area (Å²) >= 11 is 0. The predicted octanol–water partition coefficient (Wildman–Crippen LogP) is 4.77. The Bertz CT molecular complexity index is 911. The van der Waals surface area contributed by atoms with Crippen molar-refractivity contribution in [2.24, 2.45) is 5.92 Å². The van der Waals surface area contributed by atoms with Crippen LogP contribution in [-0.2, 0) is 24.1 Å². The van der Waals surface area contributed by atoms with Gasteiger partial charge in [-0.05, 0) is 37.1 Å². The molecule has 1 amide bonds. The Kier molecular flexibility index (Phi) is 7.20. The standard InChI is InChI=1S/C23H26F4N2O2/c1-3-15(2)28-22(30)18-12-29(13-18)11-17-7-8-20(10-21(17)24)31-14-16-5-4-6-19(9-16)23(25,26)27/h4-10,15,18H,3,11-14H2,1-2H3,(H,28,30)/t15-/m1/s1. The smallest absolute Gasteiger partial charge is 0.416 e. The van der Waals surface area contributed by atoms with Crippen molar-refractivity contribution in [1.82, 2.24) is 10.2 Å². The van der Waals surface area contributed by atoms with E-state index in [1.54, 1.807) is 12.1 Å². The highest BCUT2D eigenvalue weighted by Gasteiger charge is 2.33. The Hall–Kier alpha value is -2.61. The summed E-state index contributed by atoms with van der Waals surface area (Å²) in [4.78, 5) is 14.1. The second-order valence-electron chi connectivity index (χ2n) is 7.95. The molecule has 0 radical (unpaired) electrons. The minimum Gasteiger partial charge on any atom is -0.489 e. The molecular formula is C23H26F4N2O2. The highest BCUT2D eigenvalue weighted by molar-refractivity contribution is 5.80. The van der Waals surface area contributed by atoms with E-state index in [-0.39, 0.29) is 30.2 Å². The Balaban J connectivity index is 1.50. The van der Waals surface area contributed by atoms with Gasteiger partial charge in [0.25, 0.3) is 0 Å². The van der Waals surface area contributed by atoms with Gasteiger partial charge in [0, 0.05) is 37.3 Å². The van der Waals surface area contributed by atoms with Crippen LogP contribution in [0.2, 0.25) is 0 Å². The third-order valence-electron chi connectivity index (χ3n) is 5.41. The highest BCUT2D eigenvalue weighted by atomic mass is 19.4. The average molecular weight is 438 g/mol. The second-order valence-corrected chi connectivity index (χ2v) is 7.95. The number of benzene rings is 2. The number of likely N-dealkylation sites (tertiary alicyclic amines) is 1. The molecule has 1 N–H and O–H groups in total. The third kappa shape index (κ3) is 6.19. The highest BCUT2D eigenvalue weighted by Crippen LogP contribution is 2.30. The van der Waals surface area contributed by atoms with Gasteiger partial charge in [-0.15, -0.1) is 0 Å². The van der Waals surface area contributed by atoms with Gasteiger partial charge >= 0.3 is 6.18 Å². The summed E-state index contributed by atoms with van der Waals surface area (Å²) < 4.78 is 58.3. The lowest BCUT2D eigenvalue weighted by Gasteiger charge is -2.38. The summed E-state index contributed by atoms with van der Waals surface area (Å²) in [5, 5.41) is 2.96. The van der Waals surface area contributed by atoms with Crippen molar-refractivity contribution < 1.29 is 27.1 Å². The number of carbonyl (C=O) groups is 1. The summed E-state index contributed by atoms with van der Waals surface area (Å²) in [7, 11) is 0. The molecule has 8 heteroatoms. The average Bonchev–Trinajstić information content (AvgIpc) is 2.69. The molecule has 1 saturated heterocycles. The first-order chi connectivity index (χ1) is 14.7. The molecule has 4 nitrogen and oxygen atoms in total. The van der Waals surface area contributed by atoms with Crippen LogP contribution in [-0.4, -0.2) is 29.9 Å². The number of nitrogens with zero attached hydrogens (tertiary/aromatic N) is 1. The molecule has 0 aromatic heterocycles. The van der Waals surface area contributed by atoms with Crippen LogP contribution in [0.5, 0.6) is 5.75 Å². The molecule has 0 unspecified atom stereocenters. The number of ether oxygens (including phenoxy) is 1. The van der Waals surface area contributed by atoms with Crippen LogP contribution in [0.25, 0.3) is 0 Å². The first-order valence-corrected chi connectivity index (χ1v) is 10.3. The van der Waals surface area contributed by atoms with Gasteiger partial charge in [0.05, 0.1) is 11.5 Å². The van der Waals surface area contributed by atoms with E-state index in [4.69, 9.17) is 4.74 Å². The van der Waals surface area contributed by atoms with Crippen LogP contribution < -0.4 is 10.1 Å². The van der Waals surface area contributed by atoms with Gasteiger partial charge in [-0.3, -0.25) is 9.69 Å². The maximum atomic E-state index is 14.5. The minimum absolute atomic E-state index is 0.0319. The Labute approximate surface area is 179 Å². The Morgan fingerprint density at radius 1 is 1.23 bits per heavy atom. The largest absolute Gasteiger partial charge is 0.489 e. The molecule has 0 spiro atoms. The number of amides is 1. The lowest BCUT2D eigenvalue weighted by Crippen LogP contribution is -2.54. The van der Waals surface area contributed by atoms with Gasteiger partial charge in [0.1, 0.15) is 18.2 Å². The van der Waals surface area contributed by atoms with Gasteiger partial charge in [-0.25, -0.2) is 4.39 Å². The number of hydrogen-bond donors (Lipinski definition) is 1. The number of alkyl halides is 3. The topological polar surface area (TPSA) is 41.6 Å². The molecule has 0 bridgehead atoms. The van der Waals surface area contributed by atoms with Crippen molar-refractivity contribution >= 4 is 5.91 Å². The van der Waals surface area contributed by atoms with Gasteiger partial charge in [-0.2, -0.15) is 13.2 Å². The second kappa shape index (κ2) is 9.68. The summed E-state index contributed by atoms with van der Waals surface area (Å²) in [6.07, 6.45) is -3.55. The van der Waals surface area contributed by atoms with Crippen molar-refractivity contribution in [1.29, 1.82) is 0 Å². The lowest BCUT2D eigenvalue weighted by molar-refractivity contribution is -0.137. The zero-order chi connectivity index (χ0) is 22.6. The van der Waals surface area contributed by atoms with E-state index in [0.717, 1.165) is 18.6 Å². The molecule has 0 saturated carbocycles. The van der Waals surface area contributed by atoms with Gasteiger partial charge in [0.2, 0.25) is 5.91 Å². The van der Waals surface area contributed by atoms with E-state index in [1.807, 2.05) is 18.7 Å². The van der Waals surface area contributed by atoms with Crippen LogP contribution >= 0.6 is 0 Å². The number of halogens is 4. The molecule has 1 atom stereocenters. The normalized spacial score (nSPS) is 15.9. The molecule has 31 heavy (non-hydrogen) atoms. The van der Waals surface area contributed by atoms with Gasteiger partial charge in [0.15, 0.2) is 0 Å². The van der Waals surface area contributed by atoms with Crippen LogP contribution in [0, 0.1) is 11.7 Å². The Morgan fingerprint density at radius 3 is 2.61 bits per heavy atom. The molecule has 1 aliphatic heterocycles. The van der Waals surface area contributed by atoms with E-state index in [2.05, 4.69) is 5.32 Å². The first kappa shape index (κ1) is 23.1. The maximum absolute atomic E-state index is 14.5. The minimum atomic E-state index is -4.42. The molecule has 168 valence electrons. The van der Waals surface area contributed by atoms with Gasteiger partial charge in [-0.1, -0.05) is 25.1 Å². The number of nitrogens with one attached hydrogen (secondary N) is 1. The summed E-state index contributed by atoms with van der Waals surface area (Å²) in [5.74, 6) is -0.251. The SMILES string of the molecule is CC[C@@H](C)NC(=O)C1CN(Cc2ccc(OCc3cccc(C(F)(F)F)c3)cc2F)C1. The van der Waals surface area contributed by atoms with Crippen LogP contribution in [0.3, 0.4) is 0 Å².